The van der Waals surface area contributed by atoms with E-state index in [0.29, 0.717) is 5.69 Å². The van der Waals surface area contributed by atoms with E-state index in [2.05, 4.69) is 27.9 Å². The van der Waals surface area contributed by atoms with Gasteiger partial charge in [-0.2, -0.15) is 0 Å². The molecule has 3 rings (SSSR count). The quantitative estimate of drug-likeness (QED) is 0.610. The number of carbonyl (C=O) groups excluding carboxylic acids is 2. The molecule has 6 heteroatoms. The van der Waals surface area contributed by atoms with Crippen LogP contribution in [0.1, 0.15) is 0 Å². The first-order valence-corrected chi connectivity index (χ1v) is 7.25. The monoisotopic (exact) mass is 384 g/mol. The molecule has 0 spiro atoms. The van der Waals surface area contributed by atoms with Gasteiger partial charge in [0.05, 0.1) is 18.1 Å². The number of halogens is 1. The first-order valence-electron chi connectivity index (χ1n) is 6.17. The van der Waals surface area contributed by atoms with Crippen LogP contribution in [-0.4, -0.2) is 24.1 Å². The maximum absolute atomic E-state index is 12.3. The van der Waals surface area contributed by atoms with Crippen LogP contribution in [0.4, 0.5) is 5.69 Å². The molecule has 2 aliphatic heterocycles. The molecule has 1 aromatic carbocycles. The lowest BCUT2D eigenvalue weighted by Crippen LogP contribution is -2.45. The summed E-state index contributed by atoms with van der Waals surface area (Å²) >= 11 is 2.17. The third-order valence-electron chi connectivity index (χ3n) is 3.59. The molecule has 1 aromatic rings. The topological polar surface area (TPSA) is 78.5 Å². The Morgan fingerprint density at radius 3 is 2.30 bits per heavy atom. The van der Waals surface area contributed by atoms with E-state index in [1.807, 2.05) is 12.1 Å². The molecule has 2 aliphatic rings. The Bertz CT molecular complexity index is 583. The zero-order valence-corrected chi connectivity index (χ0v) is 12.4. The van der Waals surface area contributed by atoms with E-state index in [1.165, 1.54) is 0 Å². The number of carboxylic acids is 1. The van der Waals surface area contributed by atoms with Crippen LogP contribution in [-0.2, 0) is 14.3 Å². The molecular weight excluding hydrogens is 373 g/mol. The van der Waals surface area contributed by atoms with Crippen molar-refractivity contribution in [3.8, 4) is 0 Å². The van der Waals surface area contributed by atoms with Gasteiger partial charge in [-0.15, -0.1) is 0 Å². The molecule has 0 unspecified atom stereocenters. The third-order valence-corrected chi connectivity index (χ3v) is 4.31. The van der Waals surface area contributed by atoms with Crippen LogP contribution in [0.3, 0.4) is 0 Å². The number of carbonyl (C=O) groups is 2. The van der Waals surface area contributed by atoms with E-state index in [9.17, 15) is 14.7 Å². The summed E-state index contributed by atoms with van der Waals surface area (Å²) in [6, 6.07) is 7.28. The molecule has 2 bridgehead atoms. The Kier molecular flexibility index (Phi) is 3.51. The molecule has 104 valence electrons. The summed E-state index contributed by atoms with van der Waals surface area (Å²) in [5.41, 5.74) is 0.638. The van der Waals surface area contributed by atoms with Gasteiger partial charge in [0.2, 0.25) is 5.91 Å². The number of nitrogens with one attached hydrogen (secondary N) is 1. The number of aliphatic carboxylic acids is 1. The second-order valence-corrected chi connectivity index (χ2v) is 6.06. The van der Waals surface area contributed by atoms with E-state index in [1.54, 1.807) is 24.3 Å². The molecule has 2 heterocycles. The Labute approximate surface area is 129 Å². The fourth-order valence-electron chi connectivity index (χ4n) is 2.66. The molecule has 0 radical (unpaired) electrons. The number of hydrogen-bond donors (Lipinski definition) is 1. The summed E-state index contributed by atoms with van der Waals surface area (Å²) < 4.78 is 6.50. The average Bonchev–Trinajstić information content (AvgIpc) is 3.01. The van der Waals surface area contributed by atoms with Crippen molar-refractivity contribution in [1.29, 1.82) is 0 Å². The van der Waals surface area contributed by atoms with Crippen molar-refractivity contribution in [1.82, 2.24) is 0 Å². The highest BCUT2D eigenvalue weighted by atomic mass is 127. The Morgan fingerprint density at radius 2 is 1.70 bits per heavy atom. The molecule has 4 atom stereocenters. The summed E-state index contributed by atoms with van der Waals surface area (Å²) in [5.74, 6) is -3.26. The van der Waals surface area contributed by atoms with Crippen LogP contribution < -0.4 is 10.4 Å². The summed E-state index contributed by atoms with van der Waals surface area (Å²) in [4.78, 5) is 23.5. The molecule has 0 saturated carbocycles. The molecule has 0 aromatic heterocycles. The highest BCUT2D eigenvalue weighted by molar-refractivity contribution is 14.1. The van der Waals surface area contributed by atoms with Crippen LogP contribution in [0, 0.1) is 15.4 Å². The summed E-state index contributed by atoms with van der Waals surface area (Å²) in [6.45, 7) is 0. The SMILES string of the molecule is O=C([O-])[C@@H]1[C@H](C(=O)Nc2ccc(I)cc2)[C@@H]2C=C[C@H]1O2. The lowest BCUT2D eigenvalue weighted by molar-refractivity contribution is -0.313. The molecule has 0 aliphatic carbocycles. The number of rotatable bonds is 3. The predicted molar refractivity (Wildman–Crippen MR) is 77.6 cm³/mol. The van der Waals surface area contributed by atoms with Gasteiger partial charge < -0.3 is 20.0 Å². The first-order chi connectivity index (χ1) is 9.56. The third kappa shape index (κ3) is 2.33. The second kappa shape index (κ2) is 5.17. The van der Waals surface area contributed by atoms with E-state index < -0.39 is 30.0 Å². The van der Waals surface area contributed by atoms with Crippen LogP contribution in [0.2, 0.25) is 0 Å². The predicted octanol–water partition coefficient (Wildman–Crippen LogP) is 0.549. The molecule has 1 amide bonds. The lowest BCUT2D eigenvalue weighted by Gasteiger charge is -2.24. The van der Waals surface area contributed by atoms with Crippen molar-refractivity contribution in [2.45, 2.75) is 12.2 Å². The fraction of sp³-hybridized carbons (Fsp3) is 0.286. The van der Waals surface area contributed by atoms with Gasteiger partial charge in [-0.3, -0.25) is 4.79 Å². The Hall–Kier alpha value is -1.41. The van der Waals surface area contributed by atoms with Crippen LogP contribution in [0.5, 0.6) is 0 Å². The maximum Gasteiger partial charge on any atom is 0.231 e. The van der Waals surface area contributed by atoms with Gasteiger partial charge in [0, 0.05) is 21.1 Å². The van der Waals surface area contributed by atoms with Crippen molar-refractivity contribution in [2.24, 2.45) is 11.8 Å². The summed E-state index contributed by atoms with van der Waals surface area (Å²) in [6.07, 6.45) is 2.38. The molecule has 1 fully saturated rings. The van der Waals surface area contributed by atoms with E-state index in [-0.39, 0.29) is 5.91 Å². The molecular formula is C14H11INO4-. The minimum Gasteiger partial charge on any atom is -0.550 e. The second-order valence-electron chi connectivity index (χ2n) is 4.82. The van der Waals surface area contributed by atoms with Crippen molar-refractivity contribution in [3.63, 3.8) is 0 Å². The van der Waals surface area contributed by atoms with Gasteiger partial charge in [-0.25, -0.2) is 0 Å². The number of carboxylic acid groups (broad SMARTS) is 1. The van der Waals surface area contributed by atoms with Crippen LogP contribution in [0.25, 0.3) is 0 Å². The zero-order valence-electron chi connectivity index (χ0n) is 10.3. The first kappa shape index (κ1) is 13.6. The fourth-order valence-corrected chi connectivity index (χ4v) is 3.02. The van der Waals surface area contributed by atoms with Gasteiger partial charge in [0.15, 0.2) is 0 Å². The Morgan fingerprint density at radius 1 is 1.10 bits per heavy atom. The normalized spacial score (nSPS) is 30.4. The molecule has 1 N–H and O–H groups in total. The maximum atomic E-state index is 12.3. The van der Waals surface area contributed by atoms with Crippen molar-refractivity contribution in [3.05, 3.63) is 40.0 Å². The number of ether oxygens (including phenoxy) is 1. The Balaban J connectivity index is 1.78. The highest BCUT2D eigenvalue weighted by Crippen LogP contribution is 2.39. The van der Waals surface area contributed by atoms with E-state index in [0.717, 1.165) is 3.57 Å². The average molecular weight is 384 g/mol. The number of hydrogen-bond acceptors (Lipinski definition) is 4. The summed E-state index contributed by atoms with van der Waals surface area (Å²) in [5, 5.41) is 13.9. The van der Waals surface area contributed by atoms with Gasteiger partial charge in [-0.05, 0) is 46.9 Å². The van der Waals surface area contributed by atoms with Crippen molar-refractivity contribution < 1.29 is 19.4 Å². The van der Waals surface area contributed by atoms with Gasteiger partial charge in [0.25, 0.3) is 0 Å². The smallest absolute Gasteiger partial charge is 0.231 e. The lowest BCUT2D eigenvalue weighted by atomic mass is 9.82. The van der Waals surface area contributed by atoms with Crippen LogP contribution in [0.15, 0.2) is 36.4 Å². The number of amides is 1. The standard InChI is InChI=1S/C14H12INO4/c15-7-1-3-8(4-2-7)16-13(17)11-9-5-6-10(20-9)12(11)14(18)19/h1-6,9-12H,(H,16,17)(H,18,19)/p-1/t9-,10+,11+,12-/m0/s1. The minimum atomic E-state index is -1.25. The highest BCUT2D eigenvalue weighted by Gasteiger charge is 2.50. The van der Waals surface area contributed by atoms with Crippen molar-refractivity contribution >= 4 is 40.2 Å². The van der Waals surface area contributed by atoms with Gasteiger partial charge >= 0.3 is 0 Å². The van der Waals surface area contributed by atoms with Gasteiger partial charge in [0.1, 0.15) is 0 Å². The molecule has 20 heavy (non-hydrogen) atoms. The zero-order chi connectivity index (χ0) is 14.3. The largest absolute Gasteiger partial charge is 0.550 e. The molecule has 5 nitrogen and oxygen atoms in total. The minimum absolute atomic E-state index is 0.350. The van der Waals surface area contributed by atoms with Gasteiger partial charge in [-0.1, -0.05) is 12.2 Å². The van der Waals surface area contributed by atoms with E-state index >= 15 is 0 Å². The number of anilines is 1. The van der Waals surface area contributed by atoms with Crippen molar-refractivity contribution in [2.75, 3.05) is 5.32 Å². The number of benzene rings is 1. The number of fused-ring (bicyclic) bond motifs is 2. The molecule has 1 saturated heterocycles. The van der Waals surface area contributed by atoms with E-state index in [4.69, 9.17) is 4.74 Å². The summed E-state index contributed by atoms with van der Waals surface area (Å²) in [7, 11) is 0. The van der Waals surface area contributed by atoms with Crippen LogP contribution >= 0.6 is 22.6 Å².